The van der Waals surface area contributed by atoms with Gasteiger partial charge in [0.25, 0.3) is 0 Å². The number of nitrogen functional groups attached to an aromatic ring is 2. The maximum absolute atomic E-state index is 7.40. The van der Waals surface area contributed by atoms with Crippen LogP contribution in [0.1, 0.15) is 17.0 Å². The van der Waals surface area contributed by atoms with Gasteiger partial charge in [-0.15, -0.1) is 0 Å². The molecule has 0 unspecified atom stereocenters. The Balaban J connectivity index is 1.57. The monoisotopic (exact) mass is 366 g/mol. The highest BCUT2D eigenvalue weighted by atomic mass is 32.2. The van der Waals surface area contributed by atoms with Gasteiger partial charge in [-0.1, -0.05) is 23.9 Å². The van der Waals surface area contributed by atoms with Crippen LogP contribution in [0.15, 0.2) is 64.6 Å². The molecular formula is C18H18N6OS. The van der Waals surface area contributed by atoms with E-state index in [1.54, 1.807) is 24.3 Å². The Hall–Kier alpha value is -3.26. The molecule has 0 fully saturated rings. The highest BCUT2D eigenvalue weighted by Gasteiger charge is 2.06. The molecule has 0 spiro atoms. The maximum atomic E-state index is 7.40. The Morgan fingerprint density at radius 3 is 2.12 bits per heavy atom. The van der Waals surface area contributed by atoms with Crippen molar-refractivity contribution in [1.82, 2.24) is 9.97 Å². The number of amidine groups is 2. The van der Waals surface area contributed by atoms with Crippen molar-refractivity contribution < 1.29 is 4.74 Å². The van der Waals surface area contributed by atoms with Gasteiger partial charge in [0.2, 0.25) is 0 Å². The summed E-state index contributed by atoms with van der Waals surface area (Å²) in [7, 11) is 0. The number of nitrogens with two attached hydrogens (primary N) is 2. The first-order valence-electron chi connectivity index (χ1n) is 7.75. The van der Waals surface area contributed by atoms with Crippen molar-refractivity contribution in [3.05, 3.63) is 71.7 Å². The summed E-state index contributed by atoms with van der Waals surface area (Å²) in [5, 5.41) is 15.6. The number of benzene rings is 2. The summed E-state index contributed by atoms with van der Waals surface area (Å²) in [5.74, 6) is 1.47. The topological polar surface area (TPSA) is 138 Å². The van der Waals surface area contributed by atoms with Crippen molar-refractivity contribution in [1.29, 1.82) is 10.8 Å². The largest absolute Gasteiger partial charge is 0.486 e. The Kier molecular flexibility index (Phi) is 5.23. The van der Waals surface area contributed by atoms with Gasteiger partial charge in [-0.2, -0.15) is 0 Å². The van der Waals surface area contributed by atoms with Crippen molar-refractivity contribution in [2.45, 2.75) is 16.5 Å². The number of nitrogens with zero attached hydrogens (tertiary/aromatic N) is 1. The van der Waals surface area contributed by atoms with Gasteiger partial charge < -0.3 is 21.2 Å². The van der Waals surface area contributed by atoms with Crippen LogP contribution < -0.4 is 16.2 Å². The third-order valence-electron chi connectivity index (χ3n) is 3.54. The predicted molar refractivity (Wildman–Crippen MR) is 102 cm³/mol. The molecule has 8 heteroatoms. The van der Waals surface area contributed by atoms with Gasteiger partial charge in [0.1, 0.15) is 34.9 Å². The van der Waals surface area contributed by atoms with Crippen LogP contribution in [0.3, 0.4) is 0 Å². The van der Waals surface area contributed by atoms with Crippen LogP contribution in [0.4, 0.5) is 0 Å². The van der Waals surface area contributed by atoms with Gasteiger partial charge in [0.15, 0.2) is 0 Å². The number of hydrogen-bond donors (Lipinski definition) is 5. The van der Waals surface area contributed by atoms with E-state index in [1.807, 2.05) is 30.5 Å². The van der Waals surface area contributed by atoms with Crippen molar-refractivity contribution in [2.24, 2.45) is 11.5 Å². The van der Waals surface area contributed by atoms with Gasteiger partial charge in [0, 0.05) is 22.2 Å². The molecule has 26 heavy (non-hydrogen) atoms. The average Bonchev–Trinajstić information content (AvgIpc) is 3.08. The molecule has 0 aliphatic heterocycles. The zero-order valence-corrected chi connectivity index (χ0v) is 14.6. The Labute approximate surface area is 154 Å². The smallest absolute Gasteiger partial charge is 0.146 e. The number of rotatable bonds is 7. The molecule has 0 bridgehead atoms. The first-order valence-corrected chi connectivity index (χ1v) is 8.57. The van der Waals surface area contributed by atoms with Crippen molar-refractivity contribution in [2.75, 3.05) is 0 Å². The van der Waals surface area contributed by atoms with E-state index in [0.29, 0.717) is 29.3 Å². The quantitative estimate of drug-likeness (QED) is 0.323. The number of H-pyrrole nitrogens is 1. The number of nitrogens with one attached hydrogen (secondary N) is 3. The fourth-order valence-electron chi connectivity index (χ4n) is 2.17. The van der Waals surface area contributed by atoms with E-state index in [1.165, 1.54) is 11.8 Å². The minimum Gasteiger partial charge on any atom is -0.486 e. The predicted octanol–water partition coefficient (Wildman–Crippen LogP) is 2.71. The summed E-state index contributed by atoms with van der Waals surface area (Å²) >= 11 is 1.51. The SMILES string of the molecule is N=C(N)c1ccc(OCc2nc(Sc3ccc(C(=N)N)cc3)c[nH]2)cc1. The van der Waals surface area contributed by atoms with Crippen LogP contribution >= 0.6 is 11.8 Å². The molecule has 0 atom stereocenters. The van der Waals surface area contributed by atoms with E-state index in [2.05, 4.69) is 9.97 Å². The molecule has 7 nitrogen and oxygen atoms in total. The van der Waals surface area contributed by atoms with Gasteiger partial charge in [-0.3, -0.25) is 10.8 Å². The number of aromatic nitrogens is 2. The lowest BCUT2D eigenvalue weighted by molar-refractivity contribution is 0.296. The molecule has 0 radical (unpaired) electrons. The third-order valence-corrected chi connectivity index (χ3v) is 4.46. The lowest BCUT2D eigenvalue weighted by atomic mass is 10.2. The molecule has 1 heterocycles. The summed E-state index contributed by atoms with van der Waals surface area (Å²) in [5.41, 5.74) is 12.2. The summed E-state index contributed by atoms with van der Waals surface area (Å²) < 4.78 is 5.68. The zero-order chi connectivity index (χ0) is 18.5. The van der Waals surface area contributed by atoms with Gasteiger partial charge in [-0.25, -0.2) is 4.98 Å². The number of aromatic amines is 1. The maximum Gasteiger partial charge on any atom is 0.146 e. The fraction of sp³-hybridized carbons (Fsp3) is 0.0556. The number of hydrogen-bond acceptors (Lipinski definition) is 5. The van der Waals surface area contributed by atoms with Crippen LogP contribution in [0.5, 0.6) is 5.75 Å². The Morgan fingerprint density at radius 1 is 0.962 bits per heavy atom. The molecular weight excluding hydrogens is 348 g/mol. The lowest BCUT2D eigenvalue weighted by Gasteiger charge is -2.05. The highest BCUT2D eigenvalue weighted by molar-refractivity contribution is 7.99. The molecule has 1 aromatic heterocycles. The normalized spacial score (nSPS) is 10.5. The van der Waals surface area contributed by atoms with Gasteiger partial charge in [0.05, 0.1) is 0 Å². The minimum absolute atomic E-state index is 0.0283. The summed E-state index contributed by atoms with van der Waals surface area (Å²) in [6.07, 6.45) is 1.82. The van der Waals surface area contributed by atoms with Crippen LogP contribution in [-0.2, 0) is 6.61 Å². The average molecular weight is 366 g/mol. The molecule has 7 N–H and O–H groups in total. The van der Waals surface area contributed by atoms with Gasteiger partial charge in [-0.05, 0) is 36.4 Å². The molecule has 0 aliphatic carbocycles. The molecule has 0 aliphatic rings. The van der Waals surface area contributed by atoms with E-state index < -0.39 is 0 Å². The van der Waals surface area contributed by atoms with Crippen molar-refractivity contribution >= 4 is 23.4 Å². The van der Waals surface area contributed by atoms with Crippen molar-refractivity contribution in [3.63, 3.8) is 0 Å². The molecule has 3 rings (SSSR count). The lowest BCUT2D eigenvalue weighted by Crippen LogP contribution is -2.10. The van der Waals surface area contributed by atoms with E-state index >= 15 is 0 Å². The molecule has 3 aromatic rings. The Morgan fingerprint density at radius 2 is 1.54 bits per heavy atom. The van der Waals surface area contributed by atoms with Crippen LogP contribution in [-0.4, -0.2) is 21.6 Å². The number of ether oxygens (including phenoxy) is 1. The molecule has 0 saturated heterocycles. The number of imidazole rings is 1. The van der Waals surface area contributed by atoms with Gasteiger partial charge >= 0.3 is 0 Å². The highest BCUT2D eigenvalue weighted by Crippen LogP contribution is 2.26. The molecule has 0 amide bonds. The second kappa shape index (κ2) is 7.75. The second-order valence-electron chi connectivity index (χ2n) is 5.45. The molecule has 0 saturated carbocycles. The van der Waals surface area contributed by atoms with E-state index in [4.69, 9.17) is 27.0 Å². The summed E-state index contributed by atoms with van der Waals surface area (Å²) in [4.78, 5) is 8.58. The summed E-state index contributed by atoms with van der Waals surface area (Å²) in [6.45, 7) is 0.309. The fourth-order valence-corrected chi connectivity index (χ4v) is 2.96. The van der Waals surface area contributed by atoms with E-state index in [0.717, 1.165) is 9.92 Å². The summed E-state index contributed by atoms with van der Waals surface area (Å²) in [6, 6.07) is 14.5. The minimum atomic E-state index is 0.0283. The van der Waals surface area contributed by atoms with E-state index in [-0.39, 0.29) is 11.7 Å². The molecule has 132 valence electrons. The van der Waals surface area contributed by atoms with Crippen LogP contribution in [0, 0.1) is 10.8 Å². The van der Waals surface area contributed by atoms with Crippen LogP contribution in [0.25, 0.3) is 0 Å². The standard InChI is InChI=1S/C18H18N6OS/c19-17(20)11-1-5-13(6-2-11)25-10-15-23-9-16(24-15)26-14-7-3-12(4-8-14)18(21)22/h1-9H,10H2,(H3,19,20)(H3,21,22)(H,23,24). The first-order chi connectivity index (χ1) is 12.5. The van der Waals surface area contributed by atoms with Crippen molar-refractivity contribution in [3.8, 4) is 5.75 Å². The molecule has 2 aromatic carbocycles. The first kappa shape index (κ1) is 17.6. The Bertz CT molecular complexity index is 918. The second-order valence-corrected chi connectivity index (χ2v) is 6.55. The zero-order valence-electron chi connectivity index (χ0n) is 13.8. The van der Waals surface area contributed by atoms with E-state index in [9.17, 15) is 0 Å². The van der Waals surface area contributed by atoms with Crippen LogP contribution in [0.2, 0.25) is 0 Å². The third kappa shape index (κ3) is 4.42.